The van der Waals surface area contributed by atoms with E-state index in [4.69, 9.17) is 10.5 Å². The number of nitrogens with zero attached hydrogens (tertiary/aromatic N) is 1. The van der Waals surface area contributed by atoms with Crippen LogP contribution in [0.15, 0.2) is 18.2 Å². The lowest BCUT2D eigenvalue weighted by atomic mass is 10.1. The summed E-state index contributed by atoms with van der Waals surface area (Å²) in [6.45, 7) is 6.35. The molecule has 4 nitrogen and oxygen atoms in total. The maximum atomic E-state index is 12.4. The molecule has 1 heterocycles. The van der Waals surface area contributed by atoms with E-state index in [1.165, 1.54) is 0 Å². The molecule has 0 saturated carbocycles. The van der Waals surface area contributed by atoms with Crippen LogP contribution >= 0.6 is 0 Å². The van der Waals surface area contributed by atoms with Crippen molar-refractivity contribution in [2.45, 2.75) is 26.7 Å². The molecular formula is C15H22N2O2. The van der Waals surface area contributed by atoms with E-state index in [-0.39, 0.29) is 5.91 Å². The molecule has 4 heteroatoms. The first-order chi connectivity index (χ1) is 9.13. The molecule has 19 heavy (non-hydrogen) atoms. The van der Waals surface area contributed by atoms with Gasteiger partial charge < -0.3 is 15.4 Å². The Morgan fingerprint density at radius 3 is 2.84 bits per heavy atom. The molecule has 2 N–H and O–H groups in total. The molecule has 0 bridgehead atoms. The maximum absolute atomic E-state index is 12.4. The lowest BCUT2D eigenvalue weighted by molar-refractivity contribution is 0.0786. The molecular weight excluding hydrogens is 240 g/mol. The fourth-order valence-electron chi connectivity index (χ4n) is 2.53. The number of likely N-dealkylation sites (tertiary alicyclic amines) is 1. The molecule has 1 amide bonds. The van der Waals surface area contributed by atoms with Crippen molar-refractivity contribution in [1.29, 1.82) is 0 Å². The van der Waals surface area contributed by atoms with Crippen LogP contribution in [0.2, 0.25) is 0 Å². The number of nitrogen functional groups attached to an aromatic ring is 1. The number of nitrogens with two attached hydrogens (primary N) is 1. The van der Waals surface area contributed by atoms with Gasteiger partial charge in [0.25, 0.3) is 5.91 Å². The van der Waals surface area contributed by atoms with Crippen LogP contribution in [-0.2, 0) is 0 Å². The van der Waals surface area contributed by atoms with Crippen molar-refractivity contribution in [3.05, 3.63) is 23.8 Å². The Labute approximate surface area is 114 Å². The molecule has 0 aliphatic carbocycles. The number of carbonyl (C=O) groups excluding carboxylic acids is 1. The van der Waals surface area contributed by atoms with Crippen molar-refractivity contribution in [3.8, 4) is 5.75 Å². The third kappa shape index (κ3) is 3.19. The second-order valence-corrected chi connectivity index (χ2v) is 5.04. The molecule has 1 aliphatic rings. The van der Waals surface area contributed by atoms with Gasteiger partial charge in [0.1, 0.15) is 5.75 Å². The van der Waals surface area contributed by atoms with E-state index in [1.54, 1.807) is 18.2 Å². The van der Waals surface area contributed by atoms with Crippen LogP contribution in [0.3, 0.4) is 0 Å². The van der Waals surface area contributed by atoms with E-state index in [0.717, 1.165) is 25.9 Å². The molecule has 1 fully saturated rings. The zero-order chi connectivity index (χ0) is 13.8. The summed E-state index contributed by atoms with van der Waals surface area (Å²) in [5, 5.41) is 0. The van der Waals surface area contributed by atoms with Gasteiger partial charge in [-0.05, 0) is 31.4 Å². The van der Waals surface area contributed by atoms with Crippen LogP contribution < -0.4 is 10.5 Å². The van der Waals surface area contributed by atoms with Crippen LogP contribution in [0.5, 0.6) is 5.75 Å². The topological polar surface area (TPSA) is 55.6 Å². The average Bonchev–Trinajstić information content (AvgIpc) is 2.86. The van der Waals surface area contributed by atoms with Crippen molar-refractivity contribution in [1.82, 2.24) is 4.90 Å². The van der Waals surface area contributed by atoms with Gasteiger partial charge in [0, 0.05) is 30.4 Å². The first-order valence-corrected chi connectivity index (χ1v) is 6.96. The molecule has 1 aliphatic heterocycles. The summed E-state index contributed by atoms with van der Waals surface area (Å²) >= 11 is 0. The number of rotatable bonds is 4. The van der Waals surface area contributed by atoms with Crippen LogP contribution in [0, 0.1) is 5.92 Å². The average molecular weight is 262 g/mol. The predicted molar refractivity (Wildman–Crippen MR) is 76.3 cm³/mol. The molecule has 1 saturated heterocycles. The minimum absolute atomic E-state index is 0.0594. The van der Waals surface area contributed by atoms with Gasteiger partial charge in [-0.25, -0.2) is 0 Å². The largest absolute Gasteiger partial charge is 0.494 e. The number of benzene rings is 1. The normalized spacial score (nSPS) is 18.6. The Hall–Kier alpha value is -1.71. The number of amides is 1. The maximum Gasteiger partial charge on any atom is 0.254 e. The summed E-state index contributed by atoms with van der Waals surface area (Å²) in [6.07, 6.45) is 2.23. The quantitative estimate of drug-likeness (QED) is 0.848. The molecule has 1 unspecified atom stereocenters. The molecule has 2 rings (SSSR count). The highest BCUT2D eigenvalue weighted by Crippen LogP contribution is 2.24. The van der Waals surface area contributed by atoms with Crippen molar-refractivity contribution in [2.24, 2.45) is 5.92 Å². The minimum Gasteiger partial charge on any atom is -0.494 e. The summed E-state index contributed by atoms with van der Waals surface area (Å²) in [7, 11) is 0. The van der Waals surface area contributed by atoms with Crippen LogP contribution in [-0.4, -0.2) is 30.5 Å². The zero-order valence-corrected chi connectivity index (χ0v) is 11.7. The fourth-order valence-corrected chi connectivity index (χ4v) is 2.53. The summed E-state index contributed by atoms with van der Waals surface area (Å²) in [6, 6.07) is 5.25. The van der Waals surface area contributed by atoms with Gasteiger partial charge in [-0.1, -0.05) is 13.3 Å². The Morgan fingerprint density at radius 2 is 2.21 bits per heavy atom. The third-order valence-electron chi connectivity index (χ3n) is 3.64. The molecule has 0 radical (unpaired) electrons. The summed E-state index contributed by atoms with van der Waals surface area (Å²) < 4.78 is 5.43. The second-order valence-electron chi connectivity index (χ2n) is 5.04. The lowest BCUT2D eigenvalue weighted by Crippen LogP contribution is -2.28. The van der Waals surface area contributed by atoms with Gasteiger partial charge in [0.15, 0.2) is 0 Å². The lowest BCUT2D eigenvalue weighted by Gasteiger charge is -2.17. The molecule has 1 aromatic carbocycles. The smallest absolute Gasteiger partial charge is 0.254 e. The summed E-state index contributed by atoms with van der Waals surface area (Å²) in [4.78, 5) is 14.3. The molecule has 1 aromatic rings. The van der Waals surface area contributed by atoms with Crippen molar-refractivity contribution in [2.75, 3.05) is 25.4 Å². The van der Waals surface area contributed by atoms with Crippen molar-refractivity contribution >= 4 is 11.6 Å². The van der Waals surface area contributed by atoms with Crippen LogP contribution in [0.1, 0.15) is 37.0 Å². The zero-order valence-electron chi connectivity index (χ0n) is 11.7. The van der Waals surface area contributed by atoms with Crippen molar-refractivity contribution in [3.63, 3.8) is 0 Å². The number of anilines is 1. The fraction of sp³-hybridized carbons (Fsp3) is 0.533. The highest BCUT2D eigenvalue weighted by Gasteiger charge is 2.26. The van der Waals surface area contributed by atoms with Gasteiger partial charge in [-0.3, -0.25) is 4.79 Å². The highest BCUT2D eigenvalue weighted by atomic mass is 16.5. The van der Waals surface area contributed by atoms with E-state index in [1.807, 2.05) is 11.8 Å². The third-order valence-corrected chi connectivity index (χ3v) is 3.64. The van der Waals surface area contributed by atoms with Gasteiger partial charge in [0.05, 0.1) is 6.61 Å². The first kappa shape index (κ1) is 13.7. The standard InChI is InChI=1S/C15H22N2O2/c1-3-11-5-6-17(10-11)15(18)12-7-13(16)9-14(8-12)19-4-2/h7-9,11H,3-6,10,16H2,1-2H3. The van der Waals surface area contributed by atoms with E-state index >= 15 is 0 Å². The minimum atomic E-state index is 0.0594. The van der Waals surface area contributed by atoms with E-state index in [0.29, 0.717) is 29.5 Å². The Bertz CT molecular complexity index is 459. The summed E-state index contributed by atoms with van der Waals surface area (Å²) in [5.41, 5.74) is 7.02. The Balaban J connectivity index is 2.14. The number of ether oxygens (including phenoxy) is 1. The first-order valence-electron chi connectivity index (χ1n) is 6.96. The van der Waals surface area contributed by atoms with Crippen molar-refractivity contribution < 1.29 is 9.53 Å². The van der Waals surface area contributed by atoms with E-state index in [2.05, 4.69) is 6.92 Å². The van der Waals surface area contributed by atoms with Crippen LogP contribution in [0.25, 0.3) is 0 Å². The monoisotopic (exact) mass is 262 g/mol. The second kappa shape index (κ2) is 5.95. The van der Waals surface area contributed by atoms with Gasteiger partial charge in [0.2, 0.25) is 0 Å². The molecule has 1 atom stereocenters. The van der Waals surface area contributed by atoms with E-state index < -0.39 is 0 Å². The molecule has 104 valence electrons. The SMILES string of the molecule is CCOc1cc(N)cc(C(=O)N2CCC(CC)C2)c1. The van der Waals surface area contributed by atoms with Crippen LogP contribution in [0.4, 0.5) is 5.69 Å². The number of hydrogen-bond acceptors (Lipinski definition) is 3. The van der Waals surface area contributed by atoms with Gasteiger partial charge in [-0.15, -0.1) is 0 Å². The number of hydrogen-bond donors (Lipinski definition) is 1. The number of carbonyl (C=O) groups is 1. The molecule has 0 spiro atoms. The highest BCUT2D eigenvalue weighted by molar-refractivity contribution is 5.95. The Morgan fingerprint density at radius 1 is 1.42 bits per heavy atom. The molecule has 0 aromatic heterocycles. The Kier molecular flexibility index (Phi) is 4.30. The van der Waals surface area contributed by atoms with Gasteiger partial charge >= 0.3 is 0 Å². The van der Waals surface area contributed by atoms with E-state index in [9.17, 15) is 4.79 Å². The van der Waals surface area contributed by atoms with Gasteiger partial charge in [-0.2, -0.15) is 0 Å². The summed E-state index contributed by atoms with van der Waals surface area (Å²) in [5.74, 6) is 1.36. The predicted octanol–water partition coefficient (Wildman–Crippen LogP) is 2.54.